The van der Waals surface area contributed by atoms with E-state index in [4.69, 9.17) is 14.5 Å². The van der Waals surface area contributed by atoms with Gasteiger partial charge >= 0.3 is 6.09 Å². The minimum absolute atomic E-state index is 0.113. The Morgan fingerprint density at radius 3 is 2.23 bits per heavy atom. The van der Waals surface area contributed by atoms with Crippen LogP contribution in [0.25, 0.3) is 0 Å². The zero-order valence-electron chi connectivity index (χ0n) is 18.5. The van der Waals surface area contributed by atoms with Crippen molar-refractivity contribution in [3.63, 3.8) is 0 Å². The summed E-state index contributed by atoms with van der Waals surface area (Å²) in [6, 6.07) is 21.4. The average molecular weight is 422 g/mol. The van der Waals surface area contributed by atoms with Gasteiger partial charge in [0.05, 0.1) is 11.7 Å². The van der Waals surface area contributed by atoms with Crippen molar-refractivity contribution in [1.82, 2.24) is 9.80 Å². The number of likely N-dealkylation sites (tertiary alicyclic amines) is 1. The summed E-state index contributed by atoms with van der Waals surface area (Å²) in [7, 11) is 0. The van der Waals surface area contributed by atoms with Crippen LogP contribution in [0.3, 0.4) is 0 Å². The smallest absolute Gasteiger partial charge is 0.410 e. The molecule has 0 aromatic heterocycles. The lowest BCUT2D eigenvalue weighted by atomic mass is 9.99. The number of ether oxygens (including phenoxy) is 2. The molecule has 0 N–H and O–H groups in total. The number of hydrogen-bond acceptors (Lipinski definition) is 4. The Kier molecular flexibility index (Phi) is 6.16. The summed E-state index contributed by atoms with van der Waals surface area (Å²) in [5.74, 6) is 0. The third-order valence-electron chi connectivity index (χ3n) is 5.60. The van der Waals surface area contributed by atoms with Crippen LogP contribution in [-0.2, 0) is 9.47 Å². The molecule has 0 saturated carbocycles. The van der Waals surface area contributed by atoms with Crippen LogP contribution >= 0.6 is 0 Å². The molecule has 31 heavy (non-hydrogen) atoms. The van der Waals surface area contributed by atoms with Gasteiger partial charge in [-0.25, -0.2) is 4.79 Å². The van der Waals surface area contributed by atoms with Gasteiger partial charge in [0.2, 0.25) is 0 Å². The lowest BCUT2D eigenvalue weighted by molar-refractivity contribution is 0.0166. The van der Waals surface area contributed by atoms with Gasteiger partial charge in [0.15, 0.2) is 0 Å². The SMILES string of the molecule is CC(C)(C)OC(=O)N1CCC(N2/C(=N\c3ccccc3)OC[C@H]2c2ccccc2)CC1. The molecule has 6 nitrogen and oxygen atoms in total. The van der Waals surface area contributed by atoms with Crippen molar-refractivity contribution < 1.29 is 14.3 Å². The van der Waals surface area contributed by atoms with Crippen LogP contribution in [0.4, 0.5) is 10.5 Å². The van der Waals surface area contributed by atoms with Gasteiger partial charge in [0, 0.05) is 19.1 Å². The molecule has 0 aliphatic carbocycles. The van der Waals surface area contributed by atoms with Gasteiger partial charge in [0.25, 0.3) is 6.02 Å². The molecular formula is C25H31N3O3. The first kappa shape index (κ1) is 21.2. The molecule has 4 rings (SSSR count). The van der Waals surface area contributed by atoms with Crippen molar-refractivity contribution in [2.24, 2.45) is 4.99 Å². The summed E-state index contributed by atoms with van der Waals surface area (Å²) < 4.78 is 11.7. The molecular weight excluding hydrogens is 390 g/mol. The van der Waals surface area contributed by atoms with E-state index in [0.717, 1.165) is 18.5 Å². The maximum Gasteiger partial charge on any atom is 0.410 e. The van der Waals surface area contributed by atoms with E-state index in [0.29, 0.717) is 25.7 Å². The molecule has 1 amide bonds. The highest BCUT2D eigenvalue weighted by molar-refractivity contribution is 5.80. The Morgan fingerprint density at radius 2 is 1.61 bits per heavy atom. The standard InChI is InChI=1S/C25H31N3O3/c1-25(2,3)31-24(29)27-16-14-21(15-17-27)28-22(19-10-6-4-7-11-19)18-30-23(28)26-20-12-8-5-9-13-20/h4-13,21-22H,14-18H2,1-3H3/b26-23+/t22-/m0/s1. The minimum atomic E-state index is -0.482. The van der Waals surface area contributed by atoms with Crippen molar-refractivity contribution in [2.45, 2.75) is 51.3 Å². The van der Waals surface area contributed by atoms with E-state index >= 15 is 0 Å². The van der Waals surface area contributed by atoms with Crippen molar-refractivity contribution in [3.05, 3.63) is 66.2 Å². The predicted octanol–water partition coefficient (Wildman–Crippen LogP) is 5.15. The summed E-state index contributed by atoms with van der Waals surface area (Å²) in [6.45, 7) is 7.59. The van der Waals surface area contributed by atoms with E-state index < -0.39 is 5.60 Å². The Balaban J connectivity index is 1.53. The van der Waals surface area contributed by atoms with E-state index in [-0.39, 0.29) is 18.2 Å². The van der Waals surface area contributed by atoms with Crippen LogP contribution in [0.2, 0.25) is 0 Å². The van der Waals surface area contributed by atoms with Crippen molar-refractivity contribution in [2.75, 3.05) is 19.7 Å². The molecule has 0 radical (unpaired) electrons. The second-order valence-corrected chi connectivity index (χ2v) is 9.07. The number of aliphatic imine (C=N–C) groups is 1. The van der Waals surface area contributed by atoms with E-state index in [1.165, 1.54) is 5.56 Å². The molecule has 2 saturated heterocycles. The normalized spacial score (nSPS) is 21.3. The number of carbonyl (C=O) groups excluding carboxylic acids is 1. The highest BCUT2D eigenvalue weighted by atomic mass is 16.6. The van der Waals surface area contributed by atoms with Gasteiger partial charge in [-0.15, -0.1) is 0 Å². The van der Waals surface area contributed by atoms with Crippen LogP contribution in [0.15, 0.2) is 65.7 Å². The second-order valence-electron chi connectivity index (χ2n) is 9.07. The molecule has 2 aromatic rings. The highest BCUT2D eigenvalue weighted by Crippen LogP contribution is 2.34. The lowest BCUT2D eigenvalue weighted by Gasteiger charge is -2.39. The average Bonchev–Trinajstić information content (AvgIpc) is 3.17. The van der Waals surface area contributed by atoms with Crippen LogP contribution < -0.4 is 0 Å². The molecule has 0 spiro atoms. The molecule has 0 unspecified atom stereocenters. The first-order chi connectivity index (χ1) is 14.9. The fourth-order valence-electron chi connectivity index (χ4n) is 4.14. The van der Waals surface area contributed by atoms with Gasteiger partial charge in [-0.1, -0.05) is 48.5 Å². The Labute approximate surface area is 184 Å². The molecule has 2 aliphatic heterocycles. The lowest BCUT2D eigenvalue weighted by Crippen LogP contribution is -2.49. The number of amidine groups is 1. The number of amides is 1. The number of hydrogen-bond donors (Lipinski definition) is 0. The monoisotopic (exact) mass is 421 g/mol. The summed E-state index contributed by atoms with van der Waals surface area (Å²) in [4.78, 5) is 21.4. The third kappa shape index (κ3) is 5.19. The second kappa shape index (κ2) is 9.00. The maximum atomic E-state index is 12.5. The fourth-order valence-corrected chi connectivity index (χ4v) is 4.14. The summed E-state index contributed by atoms with van der Waals surface area (Å²) in [5, 5.41) is 0. The molecule has 2 heterocycles. The van der Waals surface area contributed by atoms with Gasteiger partial charge in [-0.3, -0.25) is 0 Å². The van der Waals surface area contributed by atoms with E-state index in [9.17, 15) is 4.79 Å². The molecule has 6 heteroatoms. The molecule has 2 fully saturated rings. The number of carbonyl (C=O) groups is 1. The number of nitrogens with zero attached hydrogens (tertiary/aromatic N) is 3. The van der Waals surface area contributed by atoms with Gasteiger partial charge < -0.3 is 19.3 Å². The maximum absolute atomic E-state index is 12.5. The summed E-state index contributed by atoms with van der Waals surface area (Å²) in [5.41, 5.74) is 1.61. The molecule has 2 aliphatic rings. The summed E-state index contributed by atoms with van der Waals surface area (Å²) >= 11 is 0. The molecule has 2 aromatic carbocycles. The first-order valence-electron chi connectivity index (χ1n) is 11.0. The Morgan fingerprint density at radius 1 is 1.00 bits per heavy atom. The van der Waals surface area contributed by atoms with Gasteiger partial charge in [0.1, 0.15) is 12.2 Å². The van der Waals surface area contributed by atoms with E-state index in [2.05, 4.69) is 29.2 Å². The van der Waals surface area contributed by atoms with Crippen LogP contribution in [0.1, 0.15) is 45.2 Å². The van der Waals surface area contributed by atoms with Crippen LogP contribution in [0, 0.1) is 0 Å². The van der Waals surface area contributed by atoms with E-state index in [1.807, 2.05) is 62.1 Å². The first-order valence-corrected chi connectivity index (χ1v) is 11.0. The number of benzene rings is 2. The zero-order chi connectivity index (χ0) is 21.8. The number of piperidine rings is 1. The highest BCUT2D eigenvalue weighted by Gasteiger charge is 2.40. The van der Waals surface area contributed by atoms with Crippen LogP contribution in [-0.4, -0.2) is 53.3 Å². The molecule has 1 atom stereocenters. The molecule has 0 bridgehead atoms. The van der Waals surface area contributed by atoms with Crippen molar-refractivity contribution in [1.29, 1.82) is 0 Å². The quantitative estimate of drug-likeness (QED) is 0.688. The van der Waals surface area contributed by atoms with Crippen LogP contribution in [0.5, 0.6) is 0 Å². The number of para-hydroxylation sites is 1. The largest absolute Gasteiger partial charge is 0.462 e. The summed E-state index contributed by atoms with van der Waals surface area (Å²) in [6.07, 6.45) is 1.46. The molecule has 164 valence electrons. The fraction of sp³-hybridized carbons (Fsp3) is 0.440. The van der Waals surface area contributed by atoms with Gasteiger partial charge in [-0.05, 0) is 51.3 Å². The Bertz CT molecular complexity index is 901. The van der Waals surface area contributed by atoms with Crippen molar-refractivity contribution in [3.8, 4) is 0 Å². The number of rotatable bonds is 3. The Hall–Kier alpha value is -3.02. The zero-order valence-corrected chi connectivity index (χ0v) is 18.5. The minimum Gasteiger partial charge on any atom is -0.462 e. The topological polar surface area (TPSA) is 54.4 Å². The van der Waals surface area contributed by atoms with Crippen molar-refractivity contribution >= 4 is 17.8 Å². The predicted molar refractivity (Wildman–Crippen MR) is 121 cm³/mol. The van der Waals surface area contributed by atoms with Gasteiger partial charge in [-0.2, -0.15) is 4.99 Å². The third-order valence-corrected chi connectivity index (χ3v) is 5.60. The van der Waals surface area contributed by atoms with E-state index in [1.54, 1.807) is 0 Å².